The number of alkyl halides is 6. The molecule has 34 heteroatoms. The second-order valence-electron chi connectivity index (χ2n) is 27.9. The Hall–Kier alpha value is -7.55. The van der Waals surface area contributed by atoms with Gasteiger partial charge in [-0.05, 0) is 192 Å². The fourth-order valence-corrected chi connectivity index (χ4v) is 14.3. The first-order valence-electron chi connectivity index (χ1n) is 32.3. The second-order valence-corrected chi connectivity index (χ2v) is 31.9. The zero-order valence-corrected chi connectivity index (χ0v) is 59.5. The number of nitrogens with zero attached hydrogens (tertiary/aromatic N) is 11. The van der Waals surface area contributed by atoms with Gasteiger partial charge in [0.25, 0.3) is 31.9 Å². The van der Waals surface area contributed by atoms with E-state index in [4.69, 9.17) is 37.4 Å². The minimum absolute atomic E-state index is 0.0819. The first kappa shape index (κ1) is 75.6. The molecule has 10 rings (SSSR count). The van der Waals surface area contributed by atoms with Crippen LogP contribution in [0.15, 0.2) is 95.2 Å². The van der Waals surface area contributed by atoms with Crippen molar-refractivity contribution < 1.29 is 71.8 Å². The molecule has 3 amide bonds. The van der Waals surface area contributed by atoms with E-state index in [1.54, 1.807) is 30.1 Å². The van der Waals surface area contributed by atoms with E-state index in [9.17, 15) is 57.6 Å². The number of nitrogens with one attached hydrogen (secondary N) is 3. The molecule has 4 aliphatic rings. The summed E-state index contributed by atoms with van der Waals surface area (Å²) in [6.45, 7) is 16.5. The SMILES string of the molecule is CN(CCCC1CN(C(=O)OC(C)(C)C)C(C)(C)C1)c1cccc(S(=O)(=O)NC(=O)c2ccc(-n3ccc(OCCC4(C(F)(F)F)CC4)n3)nc2Cl)n1.CN(CCCC1CNC(C)(C)C1)c1cccc(S(=O)(=O)NC(=O)c2ccc(-n3ccc(OCCC4(C(F)(F)F)CC4)n3)nc2Cl)n1. The fourth-order valence-electron chi connectivity index (χ4n) is 12.0. The number of hydrogen-bond acceptors (Lipinski definition) is 19. The number of carbonyl (C=O) groups excluding carboxylic acids is 3. The number of halogens is 8. The van der Waals surface area contributed by atoms with Crippen molar-refractivity contribution in [3.05, 3.63) is 107 Å². The predicted molar refractivity (Wildman–Crippen MR) is 357 cm³/mol. The maximum absolute atomic E-state index is 13.2. The zero-order chi connectivity index (χ0) is 72.3. The van der Waals surface area contributed by atoms with Gasteiger partial charge < -0.3 is 34.2 Å². The lowest BCUT2D eigenvalue weighted by Gasteiger charge is -2.33. The molecule has 6 aromatic heterocycles. The number of pyridine rings is 4. The van der Waals surface area contributed by atoms with E-state index < -0.39 is 60.6 Å². The van der Waals surface area contributed by atoms with Gasteiger partial charge in [-0.2, -0.15) is 43.2 Å². The molecular weight excluding hydrogens is 1390 g/mol. The molecule has 540 valence electrons. The topological polar surface area (TPSA) is 280 Å². The molecule has 0 spiro atoms. The number of amides is 3. The summed E-state index contributed by atoms with van der Waals surface area (Å²) < 4.78 is 154. The van der Waals surface area contributed by atoms with Gasteiger partial charge in [-0.3, -0.25) is 9.59 Å². The third-order valence-electron chi connectivity index (χ3n) is 18.0. The van der Waals surface area contributed by atoms with E-state index in [-0.39, 0.29) is 130 Å². The van der Waals surface area contributed by atoms with Crippen molar-refractivity contribution in [3.8, 4) is 23.4 Å². The Morgan fingerprint density at radius 3 is 1.44 bits per heavy atom. The van der Waals surface area contributed by atoms with Crippen molar-refractivity contribution in [3.63, 3.8) is 0 Å². The summed E-state index contributed by atoms with van der Waals surface area (Å²) in [4.78, 5) is 61.1. The number of carbonyl (C=O) groups is 3. The molecule has 99 heavy (non-hydrogen) atoms. The van der Waals surface area contributed by atoms with E-state index in [1.165, 1.54) is 76.4 Å². The Balaban J connectivity index is 0.000000234. The highest BCUT2D eigenvalue weighted by atomic mass is 35.5. The Kier molecular flexibility index (Phi) is 22.6. The van der Waals surface area contributed by atoms with Crippen molar-refractivity contribution in [2.75, 3.05) is 63.3 Å². The van der Waals surface area contributed by atoms with Gasteiger partial charge in [-0.15, -0.1) is 10.2 Å². The largest absolute Gasteiger partial charge is 0.477 e. The van der Waals surface area contributed by atoms with E-state index in [0.29, 0.717) is 37.2 Å². The summed E-state index contributed by atoms with van der Waals surface area (Å²) in [6.07, 6.45) is -0.379. The molecular formula is C65H82Cl2F6N14O10S2. The van der Waals surface area contributed by atoms with Crippen LogP contribution in [-0.4, -0.2) is 162 Å². The van der Waals surface area contributed by atoms with Crippen LogP contribution in [0.1, 0.15) is 146 Å². The molecule has 6 aromatic rings. The predicted octanol–water partition coefficient (Wildman–Crippen LogP) is 11.9. The lowest BCUT2D eigenvalue weighted by molar-refractivity contribution is -0.190. The van der Waals surface area contributed by atoms with Crippen molar-refractivity contribution >= 4 is 72.8 Å². The monoisotopic (exact) mass is 1470 g/mol. The van der Waals surface area contributed by atoms with Crippen molar-refractivity contribution in [1.29, 1.82) is 0 Å². The number of likely N-dealkylation sites (tertiary alicyclic amines) is 1. The second kappa shape index (κ2) is 29.6. The maximum Gasteiger partial charge on any atom is 0.410 e. The minimum atomic E-state index is -4.42. The van der Waals surface area contributed by atoms with Gasteiger partial charge in [0.2, 0.25) is 11.8 Å². The highest BCUT2D eigenvalue weighted by Crippen LogP contribution is 2.61. The van der Waals surface area contributed by atoms with E-state index in [0.717, 1.165) is 45.1 Å². The molecule has 3 N–H and O–H groups in total. The van der Waals surface area contributed by atoms with Gasteiger partial charge in [-0.1, -0.05) is 35.3 Å². The molecule has 0 bridgehead atoms. The van der Waals surface area contributed by atoms with Crippen molar-refractivity contribution in [2.45, 2.75) is 165 Å². The Bertz CT molecular complexity index is 4130. The number of sulfonamides is 2. The van der Waals surface area contributed by atoms with Gasteiger partial charge in [-0.25, -0.2) is 43.5 Å². The highest BCUT2D eigenvalue weighted by Gasteiger charge is 2.63. The number of rotatable bonds is 26. The molecule has 2 saturated carbocycles. The first-order chi connectivity index (χ1) is 46.2. The minimum Gasteiger partial charge on any atom is -0.477 e. The van der Waals surface area contributed by atoms with Crippen LogP contribution < -0.4 is 34.0 Å². The molecule has 0 radical (unpaired) electrons. The average Bonchev–Trinajstić information content (AvgIpc) is 0.994. The van der Waals surface area contributed by atoms with Crippen LogP contribution in [0.3, 0.4) is 0 Å². The maximum atomic E-state index is 13.2. The third kappa shape index (κ3) is 19.3. The van der Waals surface area contributed by atoms with Crippen molar-refractivity contribution in [1.82, 2.24) is 59.2 Å². The van der Waals surface area contributed by atoms with E-state index in [1.807, 2.05) is 60.9 Å². The Morgan fingerprint density at radius 1 is 0.626 bits per heavy atom. The van der Waals surface area contributed by atoms with Gasteiger partial charge in [0, 0.05) is 69.3 Å². The fraction of sp³-hybridized carbons (Fsp3) is 0.554. The zero-order valence-electron chi connectivity index (χ0n) is 56.3. The van der Waals surface area contributed by atoms with Crippen LogP contribution in [0.5, 0.6) is 11.8 Å². The van der Waals surface area contributed by atoms with Crippen LogP contribution in [0, 0.1) is 22.7 Å². The van der Waals surface area contributed by atoms with Crippen LogP contribution in [0.4, 0.5) is 42.8 Å². The van der Waals surface area contributed by atoms with Crippen molar-refractivity contribution in [2.24, 2.45) is 22.7 Å². The molecule has 24 nitrogen and oxygen atoms in total. The van der Waals surface area contributed by atoms with Gasteiger partial charge >= 0.3 is 18.4 Å². The molecule has 2 aliphatic heterocycles. The summed E-state index contributed by atoms with van der Waals surface area (Å²) in [6, 6.07) is 17.3. The number of aromatic nitrogens is 8. The quantitative estimate of drug-likeness (QED) is 0.0336. The third-order valence-corrected chi connectivity index (χ3v) is 21.0. The molecule has 8 heterocycles. The number of anilines is 2. The highest BCUT2D eigenvalue weighted by molar-refractivity contribution is 7.90. The molecule has 2 aliphatic carbocycles. The van der Waals surface area contributed by atoms with Gasteiger partial charge in [0.15, 0.2) is 21.7 Å². The number of hydrogen-bond donors (Lipinski definition) is 3. The smallest absolute Gasteiger partial charge is 0.410 e. The van der Waals surface area contributed by atoms with Gasteiger partial charge in [0.05, 0.1) is 35.2 Å². The standard InChI is InChI=1S/C35H45ClF3N7O6S.C30H37ClF3N7O4S/c1-32(2,3)52-31(48)45-22-23(21-33(45,4)5)9-8-18-44(6)25-10-7-11-28(40-25)53(49,50)43-30(47)24-12-13-26(41-29(24)36)46-19-14-27(42-46)51-20-17-34(15-16-34)35(37,38)39;1-28(2)18-20(19-35-28)6-5-15-40(3)22-7-4-8-25(36-22)46(43,44)39-27(42)21-9-10-23(37-26(21)31)41-16-11-24(38-41)45-17-14-29(12-13-29)30(32,33)34/h7,10-14,19,23H,8-9,15-18,20-22H2,1-6H3,(H,43,47);4,7-11,16,20,35H,5-6,12-15,17-19H2,1-3H3,(H,39,42). The van der Waals surface area contributed by atoms with Crippen LogP contribution >= 0.6 is 23.2 Å². The summed E-state index contributed by atoms with van der Waals surface area (Å²) in [5.74, 6) is 0.212. The summed E-state index contributed by atoms with van der Waals surface area (Å²) in [7, 11) is -5.13. The molecule has 2 atom stereocenters. The molecule has 0 aromatic carbocycles. The molecule has 2 saturated heterocycles. The molecule has 2 unspecified atom stereocenters. The van der Waals surface area contributed by atoms with E-state index >= 15 is 0 Å². The molecule has 4 fully saturated rings. The average molecular weight is 1470 g/mol. The first-order valence-corrected chi connectivity index (χ1v) is 36.0. The summed E-state index contributed by atoms with van der Waals surface area (Å²) in [5, 5.41) is 10.5. The van der Waals surface area contributed by atoms with Gasteiger partial charge in [0.1, 0.15) is 27.5 Å². The van der Waals surface area contributed by atoms with E-state index in [2.05, 4.69) is 49.3 Å². The summed E-state index contributed by atoms with van der Waals surface area (Å²) >= 11 is 12.5. The lowest BCUT2D eigenvalue weighted by Crippen LogP contribution is -2.45. The summed E-state index contributed by atoms with van der Waals surface area (Å²) in [5.41, 5.74) is -4.54. The normalized spacial score (nSPS) is 18.4. The van der Waals surface area contributed by atoms with Crippen LogP contribution in [0.2, 0.25) is 10.3 Å². The Labute approximate surface area is 581 Å². The van der Waals surface area contributed by atoms with Crippen LogP contribution in [0.25, 0.3) is 11.6 Å². The van der Waals surface area contributed by atoms with Crippen LogP contribution in [-0.2, 0) is 24.8 Å². The Morgan fingerprint density at radius 2 is 1.06 bits per heavy atom. The lowest BCUT2D eigenvalue weighted by atomic mass is 9.93. The number of ether oxygens (including phenoxy) is 3.